The standard InChI is InChI=1S/C76H106N4O2/c1-44(2)55-39-57(46(5)6)69(58(40-55)47(7)8)77-52(15)67-37-54(38-68(82-67)53(16)78-70-59(48(9)10)41-56(45(3)4)42-60(70)49(11)12)43-76(26,27)64-34-29-33-63(75(23,24)25)72(64)80-51(14)66-36-30-35-65(81-66)50(13)79-71-61(73(17,18)19)31-28-32-62(71)74(20,21)22/h28-29,31-42,44-49,54H,30,43H2,1-27H3/b77-52+,78-53+,79-50+,80-51+. The minimum absolute atomic E-state index is 0.0308. The number of para-hydroxylation sites is 2. The van der Waals surface area contributed by atoms with Gasteiger partial charge in [0, 0.05) is 5.92 Å². The second-order valence-corrected chi connectivity index (χ2v) is 29.4. The average molecular weight is 1110 g/mol. The summed E-state index contributed by atoms with van der Waals surface area (Å²) >= 11 is 0. The molecule has 6 heteroatoms. The van der Waals surface area contributed by atoms with Crippen molar-refractivity contribution < 1.29 is 9.47 Å². The highest BCUT2D eigenvalue weighted by atomic mass is 16.5. The molecule has 0 amide bonds. The van der Waals surface area contributed by atoms with Crippen molar-refractivity contribution in [3.05, 3.63) is 164 Å². The van der Waals surface area contributed by atoms with Crippen LogP contribution in [0, 0.1) is 5.92 Å². The summed E-state index contributed by atoms with van der Waals surface area (Å²) in [5, 5.41) is 0. The highest BCUT2D eigenvalue weighted by Gasteiger charge is 2.34. The maximum absolute atomic E-state index is 7.14. The Labute approximate surface area is 499 Å². The van der Waals surface area contributed by atoms with E-state index in [1.807, 2.05) is 0 Å². The van der Waals surface area contributed by atoms with Crippen molar-refractivity contribution in [1.82, 2.24) is 0 Å². The van der Waals surface area contributed by atoms with Gasteiger partial charge in [-0.3, -0.25) is 0 Å². The van der Waals surface area contributed by atoms with E-state index in [2.05, 4.69) is 272 Å². The third-order valence-electron chi connectivity index (χ3n) is 16.5. The Hall–Kier alpha value is -5.88. The van der Waals surface area contributed by atoms with Gasteiger partial charge in [0.25, 0.3) is 0 Å². The van der Waals surface area contributed by atoms with Crippen molar-refractivity contribution in [1.29, 1.82) is 0 Å². The first kappa shape index (κ1) is 65.3. The molecule has 0 aliphatic carbocycles. The summed E-state index contributed by atoms with van der Waals surface area (Å²) in [7, 11) is 0. The molecule has 6 rings (SSSR count). The number of ether oxygens (including phenoxy) is 2. The van der Waals surface area contributed by atoms with Crippen molar-refractivity contribution in [3.8, 4) is 0 Å². The predicted molar refractivity (Wildman–Crippen MR) is 358 cm³/mol. The van der Waals surface area contributed by atoms with Crippen LogP contribution in [0.1, 0.15) is 291 Å². The van der Waals surface area contributed by atoms with Crippen molar-refractivity contribution in [2.24, 2.45) is 25.9 Å². The lowest BCUT2D eigenvalue weighted by Crippen LogP contribution is -2.25. The lowest BCUT2D eigenvalue weighted by Gasteiger charge is -2.34. The largest absolute Gasteiger partial charge is 0.454 e. The summed E-state index contributed by atoms with van der Waals surface area (Å²) in [6.45, 7) is 61.0. The summed E-state index contributed by atoms with van der Waals surface area (Å²) in [6.07, 6.45) is 10.4. The molecule has 0 saturated carbocycles. The molecule has 0 atom stereocenters. The van der Waals surface area contributed by atoms with Gasteiger partial charge in [0.2, 0.25) is 0 Å². The Balaban J connectivity index is 1.49. The Bertz CT molecular complexity index is 3060. The van der Waals surface area contributed by atoms with Gasteiger partial charge in [-0.2, -0.15) is 0 Å². The van der Waals surface area contributed by atoms with Gasteiger partial charge in [-0.1, -0.05) is 220 Å². The van der Waals surface area contributed by atoms with Gasteiger partial charge in [0.1, 0.15) is 23.0 Å². The van der Waals surface area contributed by atoms with Crippen LogP contribution in [-0.2, 0) is 31.1 Å². The van der Waals surface area contributed by atoms with E-state index in [1.165, 1.54) is 55.6 Å². The number of allylic oxidation sites excluding steroid dienone is 8. The Kier molecular flexibility index (Phi) is 20.3. The van der Waals surface area contributed by atoms with E-state index in [-0.39, 0.29) is 27.6 Å². The van der Waals surface area contributed by atoms with E-state index in [0.29, 0.717) is 35.5 Å². The molecule has 0 N–H and O–H groups in total. The van der Waals surface area contributed by atoms with Gasteiger partial charge in [0.15, 0.2) is 0 Å². The van der Waals surface area contributed by atoms with Crippen LogP contribution >= 0.6 is 0 Å². The van der Waals surface area contributed by atoms with Crippen LogP contribution in [0.5, 0.6) is 0 Å². The molecule has 0 spiro atoms. The summed E-state index contributed by atoms with van der Waals surface area (Å²) in [5.41, 5.74) is 19.4. The minimum Gasteiger partial charge on any atom is -0.454 e. The molecule has 0 unspecified atom stereocenters. The maximum atomic E-state index is 7.14. The van der Waals surface area contributed by atoms with Crippen LogP contribution < -0.4 is 0 Å². The zero-order valence-electron chi connectivity index (χ0n) is 56.1. The van der Waals surface area contributed by atoms with Crippen LogP contribution in [0.3, 0.4) is 0 Å². The molecule has 442 valence electrons. The molecule has 2 aliphatic rings. The van der Waals surface area contributed by atoms with Crippen LogP contribution in [0.25, 0.3) is 0 Å². The average Bonchev–Trinajstić information content (AvgIpc) is 3.58. The van der Waals surface area contributed by atoms with Gasteiger partial charge >= 0.3 is 0 Å². The monoisotopic (exact) mass is 1110 g/mol. The molecule has 0 radical (unpaired) electrons. The Morgan fingerprint density at radius 1 is 0.402 bits per heavy atom. The van der Waals surface area contributed by atoms with Crippen molar-refractivity contribution in [3.63, 3.8) is 0 Å². The molecule has 4 aromatic rings. The molecule has 0 bridgehead atoms. The zero-order chi connectivity index (χ0) is 61.3. The number of nitrogens with zero attached hydrogens (tertiary/aromatic N) is 4. The summed E-state index contributed by atoms with van der Waals surface area (Å²) in [6, 6.07) is 22.9. The Morgan fingerprint density at radius 2 is 0.683 bits per heavy atom. The molecule has 6 nitrogen and oxygen atoms in total. The molecule has 82 heavy (non-hydrogen) atoms. The smallest absolute Gasteiger partial charge is 0.145 e. The van der Waals surface area contributed by atoms with Crippen LogP contribution in [0.2, 0.25) is 0 Å². The van der Waals surface area contributed by atoms with E-state index in [0.717, 1.165) is 81.5 Å². The third kappa shape index (κ3) is 15.3. The fourth-order valence-electron chi connectivity index (χ4n) is 11.4. The molecule has 0 fully saturated rings. The van der Waals surface area contributed by atoms with Gasteiger partial charge < -0.3 is 9.47 Å². The van der Waals surface area contributed by atoms with E-state index < -0.39 is 0 Å². The van der Waals surface area contributed by atoms with Crippen molar-refractivity contribution in [2.75, 3.05) is 0 Å². The van der Waals surface area contributed by atoms with Crippen LogP contribution in [0.4, 0.5) is 22.7 Å². The lowest BCUT2D eigenvalue weighted by atomic mass is 9.73. The summed E-state index contributed by atoms with van der Waals surface area (Å²) in [5.74, 6) is 5.02. The lowest BCUT2D eigenvalue weighted by molar-refractivity contribution is 0.323. The van der Waals surface area contributed by atoms with Crippen molar-refractivity contribution in [2.45, 2.75) is 257 Å². The van der Waals surface area contributed by atoms with Crippen molar-refractivity contribution >= 4 is 45.6 Å². The van der Waals surface area contributed by atoms with Gasteiger partial charge in [0.05, 0.1) is 45.6 Å². The third-order valence-corrected chi connectivity index (χ3v) is 16.5. The SMILES string of the molecule is C/C(=N\c1c(C(C)C)cc(C(C)C)cc1C(C)C)C1=CC(CC(C)(C)c2cccc(C(C)(C)C)c2/N=C(\C)C2=CCC=C(/C(C)=N/c3c(C(C)(C)C)cccc3C(C)(C)C)O2)C=C(/C(C)=N/c2c(C(C)C)cc(C(C)C)cc2C(C)C)O1. The molecule has 4 aromatic carbocycles. The summed E-state index contributed by atoms with van der Waals surface area (Å²) < 4.78 is 14.0. The second kappa shape index (κ2) is 25.5. The zero-order valence-corrected chi connectivity index (χ0v) is 56.1. The topological polar surface area (TPSA) is 67.9 Å². The maximum Gasteiger partial charge on any atom is 0.145 e. The van der Waals surface area contributed by atoms with Crippen LogP contribution in [-0.4, -0.2) is 22.8 Å². The molecule has 2 heterocycles. The predicted octanol–water partition coefficient (Wildman–Crippen LogP) is 23.1. The Morgan fingerprint density at radius 3 is 0.988 bits per heavy atom. The fraction of sp³-hybridized carbons (Fsp3) is 0.526. The molecular formula is C76H106N4O2. The van der Waals surface area contributed by atoms with E-state index in [1.54, 1.807) is 0 Å². The number of aliphatic imine (C=N–C) groups is 4. The van der Waals surface area contributed by atoms with E-state index in [9.17, 15) is 0 Å². The first-order valence-electron chi connectivity index (χ1n) is 31.0. The quantitative estimate of drug-likeness (QED) is 0.0989. The van der Waals surface area contributed by atoms with E-state index >= 15 is 0 Å². The first-order valence-corrected chi connectivity index (χ1v) is 31.0. The molecule has 2 aliphatic heterocycles. The van der Waals surface area contributed by atoms with Crippen LogP contribution in [0.15, 0.2) is 128 Å². The second-order valence-electron chi connectivity index (χ2n) is 29.4. The number of benzene rings is 4. The molecule has 0 saturated heterocycles. The molecule has 0 aromatic heterocycles. The molecular weight excluding hydrogens is 1000 g/mol. The number of hydrogen-bond acceptors (Lipinski definition) is 6. The van der Waals surface area contributed by atoms with Gasteiger partial charge in [-0.15, -0.1) is 0 Å². The number of rotatable bonds is 17. The van der Waals surface area contributed by atoms with Gasteiger partial charge in [-0.05, 0) is 178 Å². The first-order chi connectivity index (χ1) is 37.9. The highest BCUT2D eigenvalue weighted by molar-refractivity contribution is 6.04. The van der Waals surface area contributed by atoms with Gasteiger partial charge in [-0.25, -0.2) is 20.0 Å². The minimum atomic E-state index is -0.367. The summed E-state index contributed by atoms with van der Waals surface area (Å²) in [4.78, 5) is 22.2. The van der Waals surface area contributed by atoms with E-state index in [4.69, 9.17) is 29.4 Å². The fourth-order valence-corrected chi connectivity index (χ4v) is 11.4. The highest BCUT2D eigenvalue weighted by Crippen LogP contribution is 2.47. The number of hydrogen-bond donors (Lipinski definition) is 0. The normalized spacial score (nSPS) is 16.6.